The average molecular weight is 580 g/mol. The van der Waals surface area contributed by atoms with E-state index in [1.165, 1.54) is 12.9 Å². The summed E-state index contributed by atoms with van der Waals surface area (Å²) in [6.45, 7) is 2.19. The molecular formula is C26H35ClN5O6P. The first-order chi connectivity index (χ1) is 18.6. The van der Waals surface area contributed by atoms with Gasteiger partial charge >= 0.3 is 7.60 Å². The predicted octanol–water partition coefficient (Wildman–Crippen LogP) is 2.92. The number of aromatic nitrogens is 2. The SMILES string of the molecule is CP(=O)(O)O[C@H]1CC[C@H](NC(=O)c2cnc(N3CC4CC4C3CO)nc2NCc2ccc(CO)c(Cl)c2)CC1. The van der Waals surface area contributed by atoms with Gasteiger partial charge in [0, 0.05) is 37.0 Å². The van der Waals surface area contributed by atoms with E-state index in [4.69, 9.17) is 21.1 Å². The Balaban J connectivity index is 1.31. The van der Waals surface area contributed by atoms with Crippen LogP contribution in [0.2, 0.25) is 5.02 Å². The van der Waals surface area contributed by atoms with Crippen molar-refractivity contribution in [3.05, 3.63) is 46.1 Å². The summed E-state index contributed by atoms with van der Waals surface area (Å²) < 4.78 is 16.8. The van der Waals surface area contributed by atoms with Gasteiger partial charge < -0.3 is 35.2 Å². The van der Waals surface area contributed by atoms with Gasteiger partial charge in [0.2, 0.25) is 5.95 Å². The normalized spacial score (nSPS) is 27.5. The molecule has 39 heavy (non-hydrogen) atoms. The lowest BCUT2D eigenvalue weighted by Gasteiger charge is -2.30. The molecule has 11 nitrogen and oxygen atoms in total. The van der Waals surface area contributed by atoms with Crippen LogP contribution in [0.15, 0.2) is 24.4 Å². The van der Waals surface area contributed by atoms with Gasteiger partial charge in [0.15, 0.2) is 0 Å². The number of aliphatic hydroxyl groups excluding tert-OH is 2. The summed E-state index contributed by atoms with van der Waals surface area (Å²) >= 11 is 6.26. The van der Waals surface area contributed by atoms with E-state index in [0.29, 0.717) is 72.0 Å². The second-order valence-electron chi connectivity index (χ2n) is 10.8. The standard InChI is InChI=1S/C26H35ClN5O6P/c1-39(36,37)38-19-6-4-18(5-7-19)30-25(35)21-11-29-26(32-12-17-9-20(17)23(32)14-34)31-24(21)28-10-15-2-3-16(13-33)22(27)8-15/h2-3,8,11,17-20,23,33-34H,4-7,9-10,12-14H2,1H3,(H,30,35)(H,36,37)(H,28,29,31)/t17?,18-,19-,20?,23?. The van der Waals surface area contributed by atoms with Crippen LogP contribution in [0, 0.1) is 11.8 Å². The fourth-order valence-corrected chi connectivity index (χ4v) is 6.74. The summed E-state index contributed by atoms with van der Waals surface area (Å²) in [7, 11) is -3.55. The molecule has 2 heterocycles. The number of piperidine rings is 1. The Hall–Kier alpha value is -2.27. The number of benzene rings is 1. The third-order valence-electron chi connectivity index (χ3n) is 7.87. The number of nitrogens with zero attached hydrogens (tertiary/aromatic N) is 3. The molecule has 4 atom stereocenters. The van der Waals surface area contributed by atoms with Gasteiger partial charge in [0.1, 0.15) is 11.4 Å². The molecule has 1 aromatic heterocycles. The van der Waals surface area contributed by atoms with Crippen LogP contribution < -0.4 is 15.5 Å². The van der Waals surface area contributed by atoms with Crippen molar-refractivity contribution in [3.63, 3.8) is 0 Å². The van der Waals surface area contributed by atoms with Gasteiger partial charge in [-0.1, -0.05) is 23.7 Å². The summed E-state index contributed by atoms with van der Waals surface area (Å²) in [5.74, 6) is 1.54. The fourth-order valence-electron chi connectivity index (χ4n) is 5.71. The molecule has 2 aromatic rings. The van der Waals surface area contributed by atoms with Crippen LogP contribution in [0.5, 0.6) is 0 Å². The van der Waals surface area contributed by atoms with Crippen molar-refractivity contribution in [2.24, 2.45) is 11.8 Å². The van der Waals surface area contributed by atoms with Crippen LogP contribution >= 0.6 is 19.2 Å². The molecule has 0 bridgehead atoms. The van der Waals surface area contributed by atoms with E-state index in [1.807, 2.05) is 11.0 Å². The first-order valence-electron chi connectivity index (χ1n) is 13.3. The Labute approximate surface area is 232 Å². The molecule has 5 rings (SSSR count). The van der Waals surface area contributed by atoms with Crippen molar-refractivity contribution in [2.45, 2.75) is 63.4 Å². The van der Waals surface area contributed by atoms with Crippen molar-refractivity contribution >= 4 is 36.9 Å². The highest BCUT2D eigenvalue weighted by Gasteiger charge is 2.53. The highest BCUT2D eigenvalue weighted by atomic mass is 35.5. The molecule has 3 aliphatic rings. The number of nitrogens with one attached hydrogen (secondary N) is 2. The molecule has 0 radical (unpaired) electrons. The van der Waals surface area contributed by atoms with Gasteiger partial charge in [-0.2, -0.15) is 4.98 Å². The van der Waals surface area contributed by atoms with Gasteiger partial charge in [-0.05, 0) is 61.1 Å². The summed E-state index contributed by atoms with van der Waals surface area (Å²) in [5, 5.41) is 26.1. The van der Waals surface area contributed by atoms with E-state index < -0.39 is 7.60 Å². The molecule has 4 unspecified atom stereocenters. The van der Waals surface area contributed by atoms with Gasteiger partial charge in [-0.25, -0.2) is 4.98 Å². The number of carbonyl (C=O) groups excluding carboxylic acids is 1. The molecule has 5 N–H and O–H groups in total. The topological polar surface area (TPSA) is 157 Å². The molecule has 1 aromatic carbocycles. The first-order valence-corrected chi connectivity index (χ1v) is 15.7. The van der Waals surface area contributed by atoms with Crippen LogP contribution in [0.25, 0.3) is 0 Å². The lowest BCUT2D eigenvalue weighted by atomic mass is 9.93. The van der Waals surface area contributed by atoms with Crippen molar-refractivity contribution in [3.8, 4) is 0 Å². The minimum Gasteiger partial charge on any atom is -0.394 e. The van der Waals surface area contributed by atoms with E-state index >= 15 is 0 Å². The number of amides is 1. The summed E-state index contributed by atoms with van der Waals surface area (Å²) in [5.41, 5.74) is 1.79. The smallest absolute Gasteiger partial charge is 0.325 e. The van der Waals surface area contributed by atoms with Crippen LogP contribution in [0.1, 0.15) is 53.6 Å². The van der Waals surface area contributed by atoms with Crippen LogP contribution in [0.3, 0.4) is 0 Å². The maximum absolute atomic E-state index is 13.4. The van der Waals surface area contributed by atoms with Crippen molar-refractivity contribution in [1.29, 1.82) is 0 Å². The van der Waals surface area contributed by atoms with Gasteiger partial charge in [-0.15, -0.1) is 0 Å². The lowest BCUT2D eigenvalue weighted by molar-refractivity contribution is 0.0881. The maximum atomic E-state index is 13.4. The molecule has 212 valence electrons. The minimum atomic E-state index is -3.55. The summed E-state index contributed by atoms with van der Waals surface area (Å²) in [6.07, 6.45) is 4.75. The zero-order valence-electron chi connectivity index (χ0n) is 21.8. The fraction of sp³-hybridized carbons (Fsp3) is 0.577. The molecular weight excluding hydrogens is 545 g/mol. The summed E-state index contributed by atoms with van der Waals surface area (Å²) in [4.78, 5) is 34.1. The number of hydrogen-bond acceptors (Lipinski definition) is 9. The summed E-state index contributed by atoms with van der Waals surface area (Å²) in [6, 6.07) is 5.25. The Kier molecular flexibility index (Phi) is 8.47. The molecule has 2 saturated carbocycles. The highest BCUT2D eigenvalue weighted by Crippen LogP contribution is 2.50. The molecule has 13 heteroatoms. The second-order valence-corrected chi connectivity index (χ2v) is 13.0. The third-order valence-corrected chi connectivity index (χ3v) is 8.91. The van der Waals surface area contributed by atoms with Gasteiger partial charge in [0.25, 0.3) is 5.91 Å². The molecule has 1 amide bonds. The van der Waals surface area contributed by atoms with Gasteiger partial charge in [-0.3, -0.25) is 9.36 Å². The molecule has 2 aliphatic carbocycles. The number of fused-ring (bicyclic) bond motifs is 1. The van der Waals surface area contributed by atoms with E-state index in [2.05, 4.69) is 15.6 Å². The lowest BCUT2D eigenvalue weighted by Crippen LogP contribution is -2.40. The molecule has 3 fully saturated rings. The number of carbonyl (C=O) groups is 1. The Morgan fingerprint density at radius 1 is 1.26 bits per heavy atom. The number of rotatable bonds is 10. The molecule has 0 spiro atoms. The average Bonchev–Trinajstić information content (AvgIpc) is 3.57. The third kappa shape index (κ3) is 6.73. The Bertz CT molecular complexity index is 1250. The van der Waals surface area contributed by atoms with Crippen LogP contribution in [0.4, 0.5) is 11.8 Å². The maximum Gasteiger partial charge on any atom is 0.325 e. The molecule has 1 saturated heterocycles. The van der Waals surface area contributed by atoms with Gasteiger partial charge in [0.05, 0.1) is 25.4 Å². The minimum absolute atomic E-state index is 0.0258. The second kappa shape index (κ2) is 11.7. The van der Waals surface area contributed by atoms with Crippen molar-refractivity contribution in [2.75, 3.05) is 30.0 Å². The van der Waals surface area contributed by atoms with E-state index in [9.17, 15) is 24.5 Å². The zero-order chi connectivity index (χ0) is 27.7. The number of aliphatic hydroxyl groups is 2. The Morgan fingerprint density at radius 2 is 2.03 bits per heavy atom. The first kappa shape index (κ1) is 28.3. The monoisotopic (exact) mass is 579 g/mol. The zero-order valence-corrected chi connectivity index (χ0v) is 23.4. The predicted molar refractivity (Wildman–Crippen MR) is 147 cm³/mol. The van der Waals surface area contributed by atoms with E-state index in [0.717, 1.165) is 18.5 Å². The Morgan fingerprint density at radius 3 is 2.69 bits per heavy atom. The largest absolute Gasteiger partial charge is 0.394 e. The van der Waals surface area contributed by atoms with Crippen LogP contribution in [-0.4, -0.2) is 69.0 Å². The quantitative estimate of drug-likeness (QED) is 0.265. The number of anilines is 2. The van der Waals surface area contributed by atoms with E-state index in [1.54, 1.807) is 12.1 Å². The van der Waals surface area contributed by atoms with Crippen molar-refractivity contribution < 1.29 is 29.0 Å². The van der Waals surface area contributed by atoms with Crippen LogP contribution in [-0.2, 0) is 22.2 Å². The van der Waals surface area contributed by atoms with E-state index in [-0.39, 0.29) is 37.3 Å². The number of hydrogen-bond donors (Lipinski definition) is 5. The molecule has 1 aliphatic heterocycles. The highest BCUT2D eigenvalue weighted by molar-refractivity contribution is 7.51. The number of halogens is 1. The van der Waals surface area contributed by atoms with Crippen molar-refractivity contribution in [1.82, 2.24) is 15.3 Å².